The highest BCUT2D eigenvalue weighted by atomic mass is 16.3. The Labute approximate surface area is 169 Å². The monoisotopic (exact) mass is 378 g/mol. The van der Waals surface area contributed by atoms with E-state index < -0.39 is 0 Å². The molecule has 0 spiro atoms. The number of hydrogen-bond donors (Lipinski definition) is 2. The largest absolute Gasteiger partial charge is 0.508 e. The number of allylic oxidation sites excluding steroid dienone is 2. The lowest BCUT2D eigenvalue weighted by atomic mass is 9.95. The minimum absolute atomic E-state index is 0.302. The van der Waals surface area contributed by atoms with E-state index in [1.165, 1.54) is 60.8 Å². The third-order valence-electron chi connectivity index (χ3n) is 5.93. The van der Waals surface area contributed by atoms with Gasteiger partial charge in [0.05, 0.1) is 0 Å². The number of aliphatic hydroxyl groups excluding tert-OH is 1. The molecule has 2 aromatic rings. The van der Waals surface area contributed by atoms with Crippen molar-refractivity contribution in [1.82, 2.24) is 4.57 Å². The first-order chi connectivity index (χ1) is 13.7. The van der Waals surface area contributed by atoms with E-state index in [1.807, 2.05) is 0 Å². The summed E-state index contributed by atoms with van der Waals surface area (Å²) in [5.74, 6) is 0.302. The molecule has 1 aliphatic carbocycles. The van der Waals surface area contributed by atoms with Crippen LogP contribution in [-0.2, 0) is 12.8 Å². The van der Waals surface area contributed by atoms with Gasteiger partial charge in [-0.05, 0) is 67.2 Å². The number of aliphatic hydroxyl groups is 1. The van der Waals surface area contributed by atoms with Gasteiger partial charge in [-0.25, -0.2) is 0 Å². The van der Waals surface area contributed by atoms with Gasteiger partial charge >= 0.3 is 0 Å². The van der Waals surface area contributed by atoms with E-state index in [0.29, 0.717) is 11.8 Å². The molecule has 0 bridgehead atoms. The van der Waals surface area contributed by atoms with Crippen LogP contribution in [0.2, 0.25) is 0 Å². The Balaban J connectivity index is 1.89. The van der Waals surface area contributed by atoms with Crippen LogP contribution in [0.25, 0.3) is 5.69 Å². The Hall–Kier alpha value is -2.42. The van der Waals surface area contributed by atoms with Crippen LogP contribution in [-0.4, -0.2) is 15.7 Å². The summed E-state index contributed by atoms with van der Waals surface area (Å²) in [6.45, 7) is 8.00. The summed E-state index contributed by atoms with van der Waals surface area (Å²) in [5.41, 5.74) is 6.01. The first-order valence-electron chi connectivity index (χ1n) is 10.8. The van der Waals surface area contributed by atoms with Gasteiger partial charge in [0, 0.05) is 35.7 Å². The van der Waals surface area contributed by atoms with E-state index in [9.17, 15) is 5.11 Å². The number of nitrogens with zero attached hydrogens (tertiary/aromatic N) is 1. The number of benzene rings is 1. The topological polar surface area (TPSA) is 37.2 Å². The molecule has 1 aromatic carbocycles. The molecule has 3 heteroatoms. The molecule has 0 amide bonds. The summed E-state index contributed by atoms with van der Waals surface area (Å²) in [4.78, 5) is 0. The first kappa shape index (κ1) is 20.3. The van der Waals surface area contributed by atoms with Gasteiger partial charge in [-0.15, -0.1) is 0 Å². The second-order valence-corrected chi connectivity index (χ2v) is 7.77. The van der Waals surface area contributed by atoms with Crippen molar-refractivity contribution in [2.24, 2.45) is 0 Å². The van der Waals surface area contributed by atoms with Gasteiger partial charge in [0.1, 0.15) is 5.76 Å². The highest BCUT2D eigenvalue weighted by molar-refractivity contribution is 5.58. The molecule has 1 saturated carbocycles. The van der Waals surface area contributed by atoms with E-state index in [1.54, 1.807) is 0 Å². The maximum Gasteiger partial charge on any atom is 0.114 e. The molecular weight excluding hydrogens is 344 g/mol. The molecule has 28 heavy (non-hydrogen) atoms. The van der Waals surface area contributed by atoms with Crippen LogP contribution in [0.4, 0.5) is 5.69 Å². The molecule has 3 rings (SSSR count). The van der Waals surface area contributed by atoms with Crippen molar-refractivity contribution < 1.29 is 5.11 Å². The van der Waals surface area contributed by atoms with Crippen molar-refractivity contribution in [2.45, 2.75) is 71.3 Å². The summed E-state index contributed by atoms with van der Waals surface area (Å²) in [7, 11) is 0. The van der Waals surface area contributed by atoms with Crippen LogP contribution in [0.1, 0.15) is 63.6 Å². The lowest BCUT2D eigenvalue weighted by Gasteiger charge is -2.25. The minimum Gasteiger partial charge on any atom is -0.508 e. The molecule has 1 aliphatic rings. The molecule has 0 aliphatic heterocycles. The zero-order valence-corrected chi connectivity index (χ0v) is 17.4. The highest BCUT2D eigenvalue weighted by Gasteiger charge is 2.15. The van der Waals surface area contributed by atoms with Crippen LogP contribution < -0.4 is 5.32 Å². The second-order valence-electron chi connectivity index (χ2n) is 7.77. The van der Waals surface area contributed by atoms with Gasteiger partial charge in [-0.2, -0.15) is 0 Å². The molecule has 1 heterocycles. The Morgan fingerprint density at radius 1 is 1.21 bits per heavy atom. The van der Waals surface area contributed by atoms with Crippen molar-refractivity contribution in [3.05, 3.63) is 71.8 Å². The number of aromatic nitrogens is 1. The van der Waals surface area contributed by atoms with Crippen LogP contribution in [0, 0.1) is 0 Å². The first-order valence-corrected chi connectivity index (χ1v) is 10.8. The zero-order chi connectivity index (χ0) is 19.9. The molecule has 0 atom stereocenters. The molecule has 3 nitrogen and oxygen atoms in total. The average molecular weight is 379 g/mol. The van der Waals surface area contributed by atoms with Crippen molar-refractivity contribution in [3.8, 4) is 5.69 Å². The Bertz CT molecular complexity index is 825. The minimum atomic E-state index is 0.302. The fraction of sp³-hybridized carbons (Fsp3) is 0.440. The van der Waals surface area contributed by atoms with Crippen LogP contribution >= 0.6 is 0 Å². The molecule has 2 N–H and O–H groups in total. The van der Waals surface area contributed by atoms with Crippen molar-refractivity contribution in [2.75, 3.05) is 5.32 Å². The normalized spacial score (nSPS) is 15.9. The van der Waals surface area contributed by atoms with Gasteiger partial charge in [-0.3, -0.25) is 0 Å². The van der Waals surface area contributed by atoms with E-state index in [2.05, 4.69) is 66.8 Å². The van der Waals surface area contributed by atoms with Gasteiger partial charge in [0.2, 0.25) is 0 Å². The number of anilines is 1. The summed E-state index contributed by atoms with van der Waals surface area (Å²) in [6.07, 6.45) is 12.8. The summed E-state index contributed by atoms with van der Waals surface area (Å²) in [5, 5.41) is 13.9. The molecule has 0 radical (unpaired) electrons. The number of hydrogen-bond acceptors (Lipinski definition) is 2. The SMILES string of the molecule is C=C/C(O)=C(\CC)Cc1cccn1-c1ccc(CC)c(NC2CCCCC2)c1. The molecule has 0 unspecified atom stereocenters. The van der Waals surface area contributed by atoms with Gasteiger partial charge in [0.15, 0.2) is 0 Å². The molecule has 0 saturated heterocycles. The quantitative estimate of drug-likeness (QED) is 0.394. The van der Waals surface area contributed by atoms with Crippen molar-refractivity contribution in [3.63, 3.8) is 0 Å². The van der Waals surface area contributed by atoms with Crippen LogP contribution in [0.5, 0.6) is 0 Å². The van der Waals surface area contributed by atoms with E-state index in [4.69, 9.17) is 0 Å². The summed E-state index contributed by atoms with van der Waals surface area (Å²) < 4.78 is 2.23. The Kier molecular flexibility index (Phi) is 7.02. The molecule has 1 aromatic heterocycles. The molecule has 150 valence electrons. The fourth-order valence-electron chi connectivity index (χ4n) is 4.20. The molecular formula is C25H34N2O. The predicted octanol–water partition coefficient (Wildman–Crippen LogP) is 6.73. The Morgan fingerprint density at radius 2 is 2.00 bits per heavy atom. The predicted molar refractivity (Wildman–Crippen MR) is 119 cm³/mol. The number of nitrogens with one attached hydrogen (secondary N) is 1. The van der Waals surface area contributed by atoms with Gasteiger partial charge < -0.3 is 15.0 Å². The van der Waals surface area contributed by atoms with Crippen LogP contribution in [0.15, 0.2) is 60.5 Å². The van der Waals surface area contributed by atoms with Gasteiger partial charge in [0.25, 0.3) is 0 Å². The smallest absolute Gasteiger partial charge is 0.114 e. The van der Waals surface area contributed by atoms with Crippen molar-refractivity contribution in [1.29, 1.82) is 0 Å². The third kappa shape index (κ3) is 4.70. The van der Waals surface area contributed by atoms with E-state index >= 15 is 0 Å². The second kappa shape index (κ2) is 9.68. The summed E-state index contributed by atoms with van der Waals surface area (Å²) >= 11 is 0. The van der Waals surface area contributed by atoms with E-state index in [-0.39, 0.29) is 0 Å². The van der Waals surface area contributed by atoms with E-state index in [0.717, 1.165) is 24.8 Å². The Morgan fingerprint density at radius 3 is 2.68 bits per heavy atom. The van der Waals surface area contributed by atoms with Crippen LogP contribution in [0.3, 0.4) is 0 Å². The average Bonchev–Trinajstić information content (AvgIpc) is 3.20. The highest BCUT2D eigenvalue weighted by Crippen LogP contribution is 2.28. The maximum absolute atomic E-state index is 10.1. The van der Waals surface area contributed by atoms with Crippen molar-refractivity contribution >= 4 is 5.69 Å². The molecule has 1 fully saturated rings. The third-order valence-corrected chi connectivity index (χ3v) is 5.93. The number of rotatable bonds is 8. The number of aryl methyl sites for hydroxylation is 1. The van der Waals surface area contributed by atoms with Gasteiger partial charge in [-0.1, -0.05) is 45.8 Å². The maximum atomic E-state index is 10.1. The zero-order valence-electron chi connectivity index (χ0n) is 17.4. The summed E-state index contributed by atoms with van der Waals surface area (Å²) in [6, 6.07) is 11.6. The lowest BCUT2D eigenvalue weighted by Crippen LogP contribution is -2.23. The fourth-order valence-corrected chi connectivity index (χ4v) is 4.20. The lowest BCUT2D eigenvalue weighted by molar-refractivity contribution is 0.421. The standard InChI is InChI=1S/C25H34N2O/c1-4-19-14-15-23(18-24(19)26-21-11-8-7-9-12-21)27-16-10-13-22(27)17-20(5-2)25(28)6-3/h6,10,13-16,18,21,26,28H,3-5,7-9,11-12,17H2,1-2H3/b25-20-.